The van der Waals surface area contributed by atoms with E-state index < -0.39 is 0 Å². The van der Waals surface area contributed by atoms with Gasteiger partial charge in [0.25, 0.3) is 0 Å². The van der Waals surface area contributed by atoms with E-state index in [1.54, 1.807) is 0 Å². The summed E-state index contributed by atoms with van der Waals surface area (Å²) < 4.78 is 0. The average molecular weight is 225 g/mol. The fourth-order valence-electron chi connectivity index (χ4n) is 3.87. The fourth-order valence-corrected chi connectivity index (χ4v) is 5.95. The fraction of sp³-hybridized carbons (Fsp3) is 1.00. The standard InChI is InChI=1S/C13H23NS/c1-14-10-6-2-4-8-12(10)15-13-9-5-3-7-11(13)14/h10-13H,2-9H2,1H3/t10-,11+,12-,13-/m0/s1. The molecule has 0 aromatic carbocycles. The number of hydrogen-bond donors (Lipinski definition) is 0. The van der Waals surface area contributed by atoms with Gasteiger partial charge in [0.1, 0.15) is 0 Å². The average Bonchev–Trinajstić information content (AvgIpc) is 2.30. The van der Waals surface area contributed by atoms with Crippen LogP contribution >= 0.6 is 11.8 Å². The van der Waals surface area contributed by atoms with Crippen LogP contribution in [0, 0.1) is 0 Å². The lowest BCUT2D eigenvalue weighted by Crippen LogP contribution is -2.56. The molecule has 1 aliphatic heterocycles. The molecule has 0 spiro atoms. The predicted octanol–water partition coefficient (Wildman–Crippen LogP) is 3.29. The van der Waals surface area contributed by atoms with Crippen molar-refractivity contribution in [1.82, 2.24) is 4.90 Å². The van der Waals surface area contributed by atoms with E-state index in [2.05, 4.69) is 23.7 Å². The number of rotatable bonds is 0. The van der Waals surface area contributed by atoms with Gasteiger partial charge < -0.3 is 0 Å². The third-order valence-corrected chi connectivity index (χ3v) is 6.53. The van der Waals surface area contributed by atoms with Crippen molar-refractivity contribution in [2.24, 2.45) is 0 Å². The van der Waals surface area contributed by atoms with E-state index in [1.807, 2.05) is 0 Å². The highest BCUT2D eigenvalue weighted by atomic mass is 32.2. The zero-order valence-electron chi connectivity index (χ0n) is 9.82. The van der Waals surface area contributed by atoms with Gasteiger partial charge in [0, 0.05) is 22.6 Å². The monoisotopic (exact) mass is 225 g/mol. The van der Waals surface area contributed by atoms with Crippen LogP contribution in [0.3, 0.4) is 0 Å². The maximum absolute atomic E-state index is 2.77. The van der Waals surface area contributed by atoms with Gasteiger partial charge in [0.2, 0.25) is 0 Å². The predicted molar refractivity (Wildman–Crippen MR) is 67.4 cm³/mol. The second-order valence-electron chi connectivity index (χ2n) is 5.58. The van der Waals surface area contributed by atoms with Crippen LogP contribution in [0.1, 0.15) is 51.4 Å². The number of thioether (sulfide) groups is 1. The Labute approximate surface area is 98.0 Å². The highest BCUT2D eigenvalue weighted by Crippen LogP contribution is 2.45. The summed E-state index contributed by atoms with van der Waals surface area (Å²) >= 11 is 2.36. The Hall–Kier alpha value is 0.310. The van der Waals surface area contributed by atoms with Crippen LogP contribution in [-0.4, -0.2) is 34.5 Å². The van der Waals surface area contributed by atoms with Crippen LogP contribution < -0.4 is 0 Å². The van der Waals surface area contributed by atoms with Gasteiger partial charge in [-0.3, -0.25) is 4.90 Å². The largest absolute Gasteiger partial charge is 0.298 e. The Morgan fingerprint density at radius 2 is 1.27 bits per heavy atom. The van der Waals surface area contributed by atoms with E-state index in [0.717, 1.165) is 22.6 Å². The maximum atomic E-state index is 2.77. The molecular formula is C13H23NS. The second-order valence-corrected chi connectivity index (χ2v) is 7.07. The van der Waals surface area contributed by atoms with Crippen molar-refractivity contribution in [3.8, 4) is 0 Å². The third-order valence-electron chi connectivity index (χ3n) is 4.73. The first-order valence-corrected chi connectivity index (χ1v) is 7.68. The smallest absolute Gasteiger partial charge is 0.0215 e. The lowest BCUT2D eigenvalue weighted by molar-refractivity contribution is 0.107. The van der Waals surface area contributed by atoms with E-state index in [9.17, 15) is 0 Å². The zero-order valence-corrected chi connectivity index (χ0v) is 10.6. The van der Waals surface area contributed by atoms with Crippen molar-refractivity contribution >= 4 is 11.8 Å². The number of nitrogens with zero attached hydrogens (tertiary/aromatic N) is 1. The molecule has 1 saturated heterocycles. The lowest BCUT2D eigenvalue weighted by atomic mass is 9.88. The van der Waals surface area contributed by atoms with E-state index in [1.165, 1.54) is 51.4 Å². The molecule has 1 heterocycles. The van der Waals surface area contributed by atoms with Crippen molar-refractivity contribution in [1.29, 1.82) is 0 Å². The Balaban J connectivity index is 1.76. The molecule has 15 heavy (non-hydrogen) atoms. The molecule has 0 aromatic rings. The minimum absolute atomic E-state index is 0.920. The van der Waals surface area contributed by atoms with E-state index >= 15 is 0 Å². The third kappa shape index (κ3) is 1.84. The SMILES string of the molecule is CN1[C@@H]2CCCC[C@@H]2S[C@H]2CCCC[C@@H]21. The normalized spacial score (nSPS) is 47.0. The summed E-state index contributed by atoms with van der Waals surface area (Å²) in [6, 6.07) is 1.84. The first-order chi connectivity index (χ1) is 7.36. The molecular weight excluding hydrogens is 202 g/mol. The van der Waals surface area contributed by atoms with E-state index in [-0.39, 0.29) is 0 Å². The second kappa shape index (κ2) is 4.29. The molecule has 2 saturated carbocycles. The molecule has 0 bridgehead atoms. The molecule has 0 aromatic heterocycles. The summed E-state index contributed by atoms with van der Waals surface area (Å²) in [4.78, 5) is 2.77. The summed E-state index contributed by atoms with van der Waals surface area (Å²) in [5.41, 5.74) is 0. The van der Waals surface area contributed by atoms with E-state index in [0.29, 0.717) is 0 Å². The highest BCUT2D eigenvalue weighted by Gasteiger charge is 2.42. The highest BCUT2D eigenvalue weighted by molar-refractivity contribution is 8.00. The van der Waals surface area contributed by atoms with Crippen molar-refractivity contribution < 1.29 is 0 Å². The molecule has 2 heteroatoms. The van der Waals surface area contributed by atoms with Gasteiger partial charge in [-0.05, 0) is 32.7 Å². The van der Waals surface area contributed by atoms with Crippen molar-refractivity contribution in [3.63, 3.8) is 0 Å². The van der Waals surface area contributed by atoms with Gasteiger partial charge in [0.05, 0.1) is 0 Å². The number of fused-ring (bicyclic) bond motifs is 2. The Kier molecular flexibility index (Phi) is 2.99. The minimum Gasteiger partial charge on any atom is -0.298 e. The van der Waals surface area contributed by atoms with E-state index in [4.69, 9.17) is 0 Å². The van der Waals surface area contributed by atoms with Gasteiger partial charge in [-0.2, -0.15) is 11.8 Å². The van der Waals surface area contributed by atoms with Crippen molar-refractivity contribution in [2.75, 3.05) is 7.05 Å². The minimum atomic E-state index is 0.920. The lowest BCUT2D eigenvalue weighted by Gasteiger charge is -2.51. The van der Waals surface area contributed by atoms with Gasteiger partial charge in [-0.25, -0.2) is 0 Å². The van der Waals surface area contributed by atoms with Crippen LogP contribution in [-0.2, 0) is 0 Å². The summed E-state index contributed by atoms with van der Waals surface area (Å²) in [7, 11) is 2.41. The molecule has 0 unspecified atom stereocenters. The summed E-state index contributed by atoms with van der Waals surface area (Å²) in [6.45, 7) is 0. The van der Waals surface area contributed by atoms with Gasteiger partial charge in [-0.15, -0.1) is 0 Å². The van der Waals surface area contributed by atoms with Gasteiger partial charge in [-0.1, -0.05) is 25.7 Å². The summed E-state index contributed by atoms with van der Waals surface area (Å²) in [6.07, 6.45) is 11.8. The zero-order chi connectivity index (χ0) is 10.3. The summed E-state index contributed by atoms with van der Waals surface area (Å²) in [5, 5.41) is 1.95. The molecule has 2 aliphatic carbocycles. The maximum Gasteiger partial charge on any atom is 0.0215 e. The first-order valence-electron chi connectivity index (χ1n) is 6.73. The molecule has 0 N–H and O–H groups in total. The molecule has 0 amide bonds. The Bertz CT molecular complexity index is 209. The van der Waals surface area contributed by atoms with Crippen molar-refractivity contribution in [3.05, 3.63) is 0 Å². The van der Waals surface area contributed by atoms with Gasteiger partial charge >= 0.3 is 0 Å². The quantitative estimate of drug-likeness (QED) is 0.622. The van der Waals surface area contributed by atoms with Crippen LogP contribution in [0.4, 0.5) is 0 Å². The number of hydrogen-bond acceptors (Lipinski definition) is 2. The topological polar surface area (TPSA) is 3.24 Å². The van der Waals surface area contributed by atoms with Crippen LogP contribution in [0.2, 0.25) is 0 Å². The first kappa shape index (κ1) is 10.5. The molecule has 1 nitrogen and oxygen atoms in total. The molecule has 3 aliphatic rings. The summed E-state index contributed by atoms with van der Waals surface area (Å²) in [5.74, 6) is 0. The Morgan fingerprint density at radius 3 is 1.80 bits per heavy atom. The molecule has 3 rings (SSSR count). The van der Waals surface area contributed by atoms with Crippen LogP contribution in [0.5, 0.6) is 0 Å². The van der Waals surface area contributed by atoms with Gasteiger partial charge in [0.15, 0.2) is 0 Å². The van der Waals surface area contributed by atoms with Crippen LogP contribution in [0.15, 0.2) is 0 Å². The van der Waals surface area contributed by atoms with Crippen LogP contribution in [0.25, 0.3) is 0 Å². The molecule has 4 atom stereocenters. The van der Waals surface area contributed by atoms with Crippen molar-refractivity contribution in [2.45, 2.75) is 74.0 Å². The Morgan fingerprint density at radius 1 is 0.800 bits per heavy atom. The molecule has 86 valence electrons. The molecule has 3 fully saturated rings. The molecule has 0 radical (unpaired) electrons.